The number of nitrogens with one attached hydrogen (secondary N) is 1. The van der Waals surface area contributed by atoms with Gasteiger partial charge in [-0.15, -0.1) is 0 Å². The zero-order chi connectivity index (χ0) is 16.8. The molecule has 1 saturated heterocycles. The van der Waals surface area contributed by atoms with Crippen molar-refractivity contribution in [3.63, 3.8) is 0 Å². The van der Waals surface area contributed by atoms with Crippen LogP contribution in [0.3, 0.4) is 0 Å². The van der Waals surface area contributed by atoms with Crippen LogP contribution >= 0.6 is 0 Å². The number of carboxylic acid groups (broad SMARTS) is 1. The molecule has 7 nitrogen and oxygen atoms in total. The molecule has 1 aromatic heterocycles. The second-order valence-corrected chi connectivity index (χ2v) is 6.28. The number of aliphatic carboxylic acids is 1. The van der Waals surface area contributed by atoms with Crippen molar-refractivity contribution in [2.75, 3.05) is 30.4 Å². The lowest BCUT2D eigenvalue weighted by atomic mass is 9.94. The molecule has 1 aromatic rings. The quantitative estimate of drug-likeness (QED) is 0.794. The maximum Gasteiger partial charge on any atom is 0.305 e. The fourth-order valence-electron chi connectivity index (χ4n) is 2.78. The Morgan fingerprint density at radius 2 is 2.35 bits per heavy atom. The summed E-state index contributed by atoms with van der Waals surface area (Å²) in [5.41, 5.74) is 0. The van der Waals surface area contributed by atoms with Crippen molar-refractivity contribution in [2.45, 2.75) is 45.3 Å². The molecule has 2 heterocycles. The second kappa shape index (κ2) is 8.10. The van der Waals surface area contributed by atoms with Crippen LogP contribution in [0, 0.1) is 5.92 Å². The van der Waals surface area contributed by atoms with Crippen LogP contribution in [0.2, 0.25) is 0 Å². The molecule has 0 amide bonds. The monoisotopic (exact) mass is 322 g/mol. The molecule has 128 valence electrons. The number of nitrogens with zero attached hydrogens (tertiary/aromatic N) is 3. The number of anilines is 2. The van der Waals surface area contributed by atoms with Crippen LogP contribution in [0.15, 0.2) is 12.3 Å². The normalized spacial score (nSPS) is 21.2. The first kappa shape index (κ1) is 17.5. The van der Waals surface area contributed by atoms with E-state index in [1.165, 1.54) is 0 Å². The molecule has 0 bridgehead atoms. The summed E-state index contributed by atoms with van der Waals surface area (Å²) in [5, 5.41) is 12.2. The third kappa shape index (κ3) is 5.06. The van der Waals surface area contributed by atoms with E-state index in [0.29, 0.717) is 18.4 Å². The van der Waals surface area contributed by atoms with Gasteiger partial charge in [0.2, 0.25) is 5.95 Å². The van der Waals surface area contributed by atoms with E-state index in [-0.39, 0.29) is 18.6 Å². The molecule has 7 heteroatoms. The highest BCUT2D eigenvalue weighted by Crippen LogP contribution is 2.23. The number of hydrogen-bond acceptors (Lipinski definition) is 6. The van der Waals surface area contributed by atoms with E-state index in [1.54, 1.807) is 18.1 Å². The topological polar surface area (TPSA) is 87.6 Å². The lowest BCUT2D eigenvalue weighted by Gasteiger charge is -2.35. The Balaban J connectivity index is 2.02. The lowest BCUT2D eigenvalue weighted by Crippen LogP contribution is -2.43. The second-order valence-electron chi connectivity index (χ2n) is 6.28. The molecular weight excluding hydrogens is 296 g/mol. The van der Waals surface area contributed by atoms with Crippen LogP contribution in [-0.4, -0.2) is 53.4 Å². The summed E-state index contributed by atoms with van der Waals surface area (Å²) in [6.45, 7) is 5.51. The van der Waals surface area contributed by atoms with Gasteiger partial charge < -0.3 is 20.1 Å². The molecule has 0 saturated carbocycles. The molecule has 1 aliphatic heterocycles. The number of hydrogen-bond donors (Lipinski definition) is 2. The Kier molecular flexibility index (Phi) is 6.15. The highest BCUT2D eigenvalue weighted by molar-refractivity contribution is 5.67. The van der Waals surface area contributed by atoms with Gasteiger partial charge in [-0.1, -0.05) is 13.8 Å². The van der Waals surface area contributed by atoms with E-state index >= 15 is 0 Å². The SMILES string of the molecule is CC(C)C1OCCCC1Nc1ccnc(N(C)CCC(=O)O)n1. The smallest absolute Gasteiger partial charge is 0.305 e. The van der Waals surface area contributed by atoms with E-state index in [1.807, 2.05) is 6.07 Å². The molecule has 0 radical (unpaired) electrons. The Bertz CT molecular complexity index is 524. The van der Waals surface area contributed by atoms with Crippen molar-refractivity contribution in [1.29, 1.82) is 0 Å². The molecule has 1 aliphatic rings. The summed E-state index contributed by atoms with van der Waals surface area (Å²) in [6, 6.07) is 2.07. The fraction of sp³-hybridized carbons (Fsp3) is 0.688. The van der Waals surface area contributed by atoms with Gasteiger partial charge in [-0.2, -0.15) is 4.98 Å². The van der Waals surface area contributed by atoms with Crippen molar-refractivity contribution in [3.8, 4) is 0 Å². The zero-order valence-corrected chi connectivity index (χ0v) is 14.0. The highest BCUT2D eigenvalue weighted by Gasteiger charge is 2.28. The molecule has 2 rings (SSSR count). The van der Waals surface area contributed by atoms with Crippen LogP contribution in [0.25, 0.3) is 0 Å². The predicted octanol–water partition coefficient (Wildman–Crippen LogP) is 2.00. The van der Waals surface area contributed by atoms with Gasteiger partial charge in [0.15, 0.2) is 0 Å². The summed E-state index contributed by atoms with van der Waals surface area (Å²) >= 11 is 0. The molecule has 2 unspecified atom stereocenters. The van der Waals surface area contributed by atoms with Gasteiger partial charge in [0.1, 0.15) is 5.82 Å². The maximum absolute atomic E-state index is 10.7. The van der Waals surface area contributed by atoms with Crippen molar-refractivity contribution < 1.29 is 14.6 Å². The molecule has 2 N–H and O–H groups in total. The van der Waals surface area contributed by atoms with E-state index in [9.17, 15) is 4.79 Å². The number of carboxylic acids is 1. The third-order valence-electron chi connectivity index (χ3n) is 4.00. The van der Waals surface area contributed by atoms with Gasteiger partial charge >= 0.3 is 5.97 Å². The number of rotatable bonds is 7. The molecule has 0 spiro atoms. The summed E-state index contributed by atoms with van der Waals surface area (Å²) < 4.78 is 5.89. The van der Waals surface area contributed by atoms with E-state index < -0.39 is 5.97 Å². The first-order valence-corrected chi connectivity index (χ1v) is 8.11. The van der Waals surface area contributed by atoms with E-state index in [4.69, 9.17) is 9.84 Å². The Morgan fingerprint density at radius 3 is 3.04 bits per heavy atom. The van der Waals surface area contributed by atoms with Gasteiger partial charge in [0.05, 0.1) is 18.6 Å². The van der Waals surface area contributed by atoms with Gasteiger partial charge in [0.25, 0.3) is 0 Å². The van der Waals surface area contributed by atoms with E-state index in [2.05, 4.69) is 29.1 Å². The van der Waals surface area contributed by atoms with Gasteiger partial charge in [-0.3, -0.25) is 4.79 Å². The van der Waals surface area contributed by atoms with Gasteiger partial charge in [-0.25, -0.2) is 4.98 Å². The maximum atomic E-state index is 10.7. The molecule has 23 heavy (non-hydrogen) atoms. The standard InChI is InChI=1S/C16H26N4O3/c1-11(2)15-12(5-4-10-23-15)18-13-6-8-17-16(19-13)20(3)9-7-14(21)22/h6,8,11-12,15H,4-5,7,9-10H2,1-3H3,(H,21,22)(H,17,18,19). The first-order valence-electron chi connectivity index (χ1n) is 8.11. The molecule has 1 fully saturated rings. The number of carbonyl (C=O) groups is 1. The zero-order valence-electron chi connectivity index (χ0n) is 14.0. The van der Waals surface area contributed by atoms with Crippen molar-refractivity contribution >= 4 is 17.7 Å². The summed E-state index contributed by atoms with van der Waals surface area (Å²) in [7, 11) is 1.79. The number of aromatic nitrogens is 2. The van der Waals surface area contributed by atoms with Gasteiger partial charge in [-0.05, 0) is 24.8 Å². The molecule has 0 aromatic carbocycles. The van der Waals surface area contributed by atoms with Gasteiger partial charge in [0, 0.05) is 26.4 Å². The Morgan fingerprint density at radius 1 is 1.57 bits per heavy atom. The largest absolute Gasteiger partial charge is 0.481 e. The number of ether oxygens (including phenoxy) is 1. The van der Waals surface area contributed by atoms with Crippen molar-refractivity contribution in [1.82, 2.24) is 9.97 Å². The lowest BCUT2D eigenvalue weighted by molar-refractivity contribution is -0.136. The fourth-order valence-corrected chi connectivity index (χ4v) is 2.78. The Hall–Kier alpha value is -1.89. The third-order valence-corrected chi connectivity index (χ3v) is 4.00. The van der Waals surface area contributed by atoms with Crippen LogP contribution in [0.1, 0.15) is 33.1 Å². The molecule has 0 aliphatic carbocycles. The first-order chi connectivity index (χ1) is 11.0. The average molecular weight is 322 g/mol. The highest BCUT2D eigenvalue weighted by atomic mass is 16.5. The van der Waals surface area contributed by atoms with Crippen LogP contribution in [-0.2, 0) is 9.53 Å². The minimum atomic E-state index is -0.828. The minimum Gasteiger partial charge on any atom is -0.481 e. The van der Waals surface area contributed by atoms with E-state index in [0.717, 1.165) is 25.3 Å². The van der Waals surface area contributed by atoms with Crippen molar-refractivity contribution in [2.24, 2.45) is 5.92 Å². The van der Waals surface area contributed by atoms with Crippen LogP contribution < -0.4 is 10.2 Å². The minimum absolute atomic E-state index is 0.0589. The van der Waals surface area contributed by atoms with Crippen molar-refractivity contribution in [3.05, 3.63) is 12.3 Å². The summed E-state index contributed by atoms with van der Waals surface area (Å²) in [4.78, 5) is 21.1. The molecular formula is C16H26N4O3. The average Bonchev–Trinajstić information content (AvgIpc) is 2.53. The summed E-state index contributed by atoms with van der Waals surface area (Å²) in [6.07, 6.45) is 4.01. The predicted molar refractivity (Wildman–Crippen MR) is 88.8 cm³/mol. The van der Waals surface area contributed by atoms with Crippen LogP contribution in [0.5, 0.6) is 0 Å². The summed E-state index contributed by atoms with van der Waals surface area (Å²) in [5.74, 6) is 0.880. The van der Waals surface area contributed by atoms with Crippen LogP contribution in [0.4, 0.5) is 11.8 Å². The molecule has 2 atom stereocenters. The Labute approximate surface area is 137 Å².